The average molecular weight is 190 g/mol. The number of fused-ring (bicyclic) bond motifs is 1. The molecule has 0 atom stereocenters. The topological polar surface area (TPSA) is 42.3 Å². The van der Waals surface area contributed by atoms with Gasteiger partial charge in [-0.1, -0.05) is 6.07 Å². The molecule has 2 rings (SSSR count). The van der Waals surface area contributed by atoms with Crippen molar-refractivity contribution >= 4 is 33.4 Å². The Balaban J connectivity index is 2.87. The fourth-order valence-electron chi connectivity index (χ4n) is 1.26. The predicted molar refractivity (Wildman–Crippen MR) is 52.1 cm³/mol. The molecule has 13 heavy (non-hydrogen) atoms. The van der Waals surface area contributed by atoms with Gasteiger partial charge in [-0.3, -0.25) is 0 Å². The third-order valence-corrected chi connectivity index (χ3v) is 2.72. The van der Waals surface area contributed by atoms with E-state index >= 15 is 0 Å². The lowest BCUT2D eigenvalue weighted by Gasteiger charge is -1.93. The zero-order valence-corrected chi connectivity index (χ0v) is 7.76. The summed E-state index contributed by atoms with van der Waals surface area (Å²) in [6.07, 6.45) is 1.54. The van der Waals surface area contributed by atoms with Crippen molar-refractivity contribution in [2.75, 3.05) is 0 Å². The van der Waals surface area contributed by atoms with Gasteiger partial charge in [0.2, 0.25) is 6.08 Å². The third kappa shape index (κ3) is 1.26. The smallest absolute Gasteiger partial charge is 0.211 e. The molecule has 64 valence electrons. The summed E-state index contributed by atoms with van der Waals surface area (Å²) >= 11 is 1.41. The van der Waals surface area contributed by atoms with E-state index in [0.29, 0.717) is 5.69 Å². The van der Waals surface area contributed by atoms with Crippen LogP contribution in [-0.2, 0) is 4.79 Å². The summed E-state index contributed by atoms with van der Waals surface area (Å²) < 4.78 is 5.24. The Morgan fingerprint density at radius 2 is 2.38 bits per heavy atom. The van der Waals surface area contributed by atoms with Gasteiger partial charge < -0.3 is 0 Å². The van der Waals surface area contributed by atoms with E-state index < -0.39 is 0 Å². The highest BCUT2D eigenvalue weighted by atomic mass is 32.1. The largest absolute Gasteiger partial charge is 0.240 e. The fourth-order valence-corrected chi connectivity index (χ4v) is 2.07. The van der Waals surface area contributed by atoms with Crippen molar-refractivity contribution in [3.8, 4) is 0 Å². The van der Waals surface area contributed by atoms with Gasteiger partial charge in [-0.05, 0) is 30.6 Å². The van der Waals surface area contributed by atoms with E-state index in [1.807, 2.05) is 19.1 Å². The molecule has 0 unspecified atom stereocenters. The van der Waals surface area contributed by atoms with Gasteiger partial charge in [-0.25, -0.2) is 4.79 Å². The van der Waals surface area contributed by atoms with Crippen LogP contribution in [0.1, 0.15) is 5.69 Å². The molecule has 1 aromatic heterocycles. The summed E-state index contributed by atoms with van der Waals surface area (Å²) in [5.74, 6) is 0. The molecule has 2 aromatic rings. The molecule has 0 aliphatic carbocycles. The Morgan fingerprint density at radius 1 is 1.54 bits per heavy atom. The number of carbonyl (C=O) groups excluding carboxylic acids is 1. The monoisotopic (exact) mass is 190 g/mol. The molecule has 0 radical (unpaired) electrons. The Labute approximate surface area is 78.9 Å². The maximum atomic E-state index is 10.1. The van der Waals surface area contributed by atoms with Gasteiger partial charge in [0.05, 0.1) is 16.1 Å². The number of hydrogen-bond donors (Lipinski definition) is 0. The molecule has 4 heteroatoms. The van der Waals surface area contributed by atoms with E-state index in [-0.39, 0.29) is 0 Å². The lowest BCUT2D eigenvalue weighted by Crippen LogP contribution is -1.71. The maximum Gasteiger partial charge on any atom is 0.240 e. The first-order valence-corrected chi connectivity index (χ1v) is 4.53. The first kappa shape index (κ1) is 8.10. The molecule has 0 amide bonds. The Bertz CT molecular complexity index is 497. The van der Waals surface area contributed by atoms with Crippen molar-refractivity contribution < 1.29 is 4.79 Å². The predicted octanol–water partition coefficient (Wildman–Crippen LogP) is 2.57. The molecule has 0 saturated heterocycles. The first-order chi connectivity index (χ1) is 6.33. The van der Waals surface area contributed by atoms with Crippen LogP contribution in [0.4, 0.5) is 5.69 Å². The highest BCUT2D eigenvalue weighted by Gasteiger charge is 2.05. The van der Waals surface area contributed by atoms with Crippen molar-refractivity contribution in [3.63, 3.8) is 0 Å². The molecule has 1 heterocycles. The molecule has 0 aliphatic heterocycles. The molecule has 1 aromatic carbocycles. The summed E-state index contributed by atoms with van der Waals surface area (Å²) in [5, 5.41) is 0.954. The number of rotatable bonds is 1. The number of benzene rings is 1. The molecular formula is C9H6N2OS. The van der Waals surface area contributed by atoms with Crippen LogP contribution < -0.4 is 0 Å². The van der Waals surface area contributed by atoms with Crippen LogP contribution >= 0.6 is 11.5 Å². The summed E-state index contributed by atoms with van der Waals surface area (Å²) in [7, 11) is 0. The Morgan fingerprint density at radius 3 is 3.15 bits per heavy atom. The summed E-state index contributed by atoms with van der Waals surface area (Å²) in [5.41, 5.74) is 1.56. The first-order valence-electron chi connectivity index (χ1n) is 3.76. The van der Waals surface area contributed by atoms with E-state index in [1.165, 1.54) is 11.5 Å². The summed E-state index contributed by atoms with van der Waals surface area (Å²) in [6, 6.07) is 5.61. The average Bonchev–Trinajstić information content (AvgIpc) is 2.50. The zero-order valence-electron chi connectivity index (χ0n) is 6.94. The summed E-state index contributed by atoms with van der Waals surface area (Å²) in [4.78, 5) is 13.8. The molecule has 0 aliphatic rings. The second-order valence-corrected chi connectivity index (χ2v) is 3.43. The molecule has 0 fully saturated rings. The molecular weight excluding hydrogens is 184 g/mol. The van der Waals surface area contributed by atoms with Gasteiger partial charge in [0, 0.05) is 5.39 Å². The Kier molecular flexibility index (Phi) is 1.93. The van der Waals surface area contributed by atoms with Crippen LogP contribution in [0.15, 0.2) is 23.2 Å². The third-order valence-electron chi connectivity index (χ3n) is 1.81. The van der Waals surface area contributed by atoms with Crippen molar-refractivity contribution in [2.45, 2.75) is 6.92 Å². The Hall–Kier alpha value is -1.51. The zero-order chi connectivity index (χ0) is 9.26. The van der Waals surface area contributed by atoms with Gasteiger partial charge >= 0.3 is 0 Å². The highest BCUT2D eigenvalue weighted by molar-refractivity contribution is 7.13. The molecule has 0 bridgehead atoms. The SMILES string of the molecule is Cc1nsc2cccc(N=C=O)c12. The van der Waals surface area contributed by atoms with Gasteiger partial charge in [-0.15, -0.1) is 0 Å². The normalized spacial score (nSPS) is 9.92. The van der Waals surface area contributed by atoms with Crippen molar-refractivity contribution in [3.05, 3.63) is 23.9 Å². The fraction of sp³-hybridized carbons (Fsp3) is 0.111. The van der Waals surface area contributed by atoms with E-state index in [4.69, 9.17) is 0 Å². The standard InChI is InChI=1S/C9H6N2OS/c1-6-9-7(10-5-12)3-2-4-8(9)13-11-6/h2-4H,1H3. The van der Waals surface area contributed by atoms with Gasteiger partial charge in [-0.2, -0.15) is 9.37 Å². The maximum absolute atomic E-state index is 10.1. The van der Waals surface area contributed by atoms with E-state index in [9.17, 15) is 4.79 Å². The molecule has 0 N–H and O–H groups in total. The quantitative estimate of drug-likeness (QED) is 0.512. The van der Waals surface area contributed by atoms with E-state index in [1.54, 1.807) is 12.1 Å². The van der Waals surface area contributed by atoms with Crippen LogP contribution in [0.2, 0.25) is 0 Å². The second kappa shape index (κ2) is 3.09. The van der Waals surface area contributed by atoms with E-state index in [0.717, 1.165) is 15.8 Å². The number of nitrogens with zero attached hydrogens (tertiary/aromatic N) is 2. The van der Waals surface area contributed by atoms with Crippen molar-refractivity contribution in [2.24, 2.45) is 4.99 Å². The summed E-state index contributed by atoms with van der Waals surface area (Å²) in [6.45, 7) is 1.91. The van der Waals surface area contributed by atoms with Gasteiger partial charge in [0.25, 0.3) is 0 Å². The second-order valence-electron chi connectivity index (χ2n) is 2.62. The van der Waals surface area contributed by atoms with Crippen LogP contribution in [-0.4, -0.2) is 10.5 Å². The number of hydrogen-bond acceptors (Lipinski definition) is 4. The number of aryl methyl sites for hydroxylation is 1. The number of aromatic nitrogens is 1. The van der Waals surface area contributed by atoms with Crippen LogP contribution in [0.5, 0.6) is 0 Å². The number of isocyanates is 1. The molecule has 0 saturated carbocycles. The van der Waals surface area contributed by atoms with Crippen LogP contribution in [0.3, 0.4) is 0 Å². The van der Waals surface area contributed by atoms with Gasteiger partial charge in [0.15, 0.2) is 0 Å². The van der Waals surface area contributed by atoms with Gasteiger partial charge in [0.1, 0.15) is 0 Å². The highest BCUT2D eigenvalue weighted by Crippen LogP contribution is 2.30. The van der Waals surface area contributed by atoms with E-state index in [2.05, 4.69) is 9.37 Å². The molecule has 0 spiro atoms. The van der Waals surface area contributed by atoms with Crippen LogP contribution in [0.25, 0.3) is 10.1 Å². The minimum Gasteiger partial charge on any atom is -0.211 e. The lowest BCUT2D eigenvalue weighted by molar-refractivity contribution is 0.565. The minimum atomic E-state index is 0.652. The lowest BCUT2D eigenvalue weighted by atomic mass is 10.2. The van der Waals surface area contributed by atoms with Crippen LogP contribution in [0, 0.1) is 6.92 Å². The molecule has 3 nitrogen and oxygen atoms in total. The van der Waals surface area contributed by atoms with Crippen molar-refractivity contribution in [1.29, 1.82) is 0 Å². The van der Waals surface area contributed by atoms with Crippen molar-refractivity contribution in [1.82, 2.24) is 4.37 Å². The number of aliphatic imine (C=N–C) groups is 1. The minimum absolute atomic E-state index is 0.652.